The van der Waals surface area contributed by atoms with Crippen molar-refractivity contribution in [2.24, 2.45) is 14.1 Å². The first-order valence-electron chi connectivity index (χ1n) is 6.96. The Labute approximate surface area is 123 Å². The molecule has 0 aliphatic heterocycles. The third kappa shape index (κ3) is 2.81. The lowest BCUT2D eigenvalue weighted by atomic mass is 10.1. The molecular weight excluding hydrogens is 264 g/mol. The molecule has 0 radical (unpaired) electrons. The van der Waals surface area contributed by atoms with Crippen LogP contribution < -0.4 is 5.32 Å². The molecule has 0 unspecified atom stereocenters. The molecule has 5 nitrogen and oxygen atoms in total. The zero-order valence-electron chi connectivity index (χ0n) is 12.2. The van der Waals surface area contributed by atoms with Crippen molar-refractivity contribution in [3.05, 3.63) is 48.3 Å². The molecule has 21 heavy (non-hydrogen) atoms. The van der Waals surface area contributed by atoms with E-state index < -0.39 is 0 Å². The number of aryl methyl sites for hydroxylation is 3. The second kappa shape index (κ2) is 5.44. The molecule has 3 aromatic rings. The largest absolute Gasteiger partial charge is 0.350 e. The van der Waals surface area contributed by atoms with Crippen LogP contribution in [0.15, 0.2) is 42.7 Å². The number of carbonyl (C=O) groups excluding carboxylic acids is 1. The van der Waals surface area contributed by atoms with Gasteiger partial charge in [-0.15, -0.1) is 0 Å². The first-order valence-corrected chi connectivity index (χ1v) is 6.96. The van der Waals surface area contributed by atoms with E-state index in [4.69, 9.17) is 0 Å². The second-order valence-corrected chi connectivity index (χ2v) is 5.21. The van der Waals surface area contributed by atoms with Crippen LogP contribution in [-0.2, 0) is 25.3 Å². The van der Waals surface area contributed by atoms with Crippen LogP contribution in [0, 0.1) is 0 Å². The van der Waals surface area contributed by atoms with E-state index in [2.05, 4.69) is 33.3 Å². The molecule has 0 saturated carbocycles. The van der Waals surface area contributed by atoms with Gasteiger partial charge in [-0.05, 0) is 18.1 Å². The molecule has 0 atom stereocenters. The summed E-state index contributed by atoms with van der Waals surface area (Å²) in [7, 11) is 3.85. The Hall–Kier alpha value is -2.56. The van der Waals surface area contributed by atoms with Crippen LogP contribution in [0.2, 0.25) is 0 Å². The first-order chi connectivity index (χ1) is 10.1. The first kappa shape index (κ1) is 13.4. The summed E-state index contributed by atoms with van der Waals surface area (Å²) < 4.78 is 3.77. The van der Waals surface area contributed by atoms with Gasteiger partial charge >= 0.3 is 0 Å². The van der Waals surface area contributed by atoms with Crippen LogP contribution >= 0.6 is 0 Å². The van der Waals surface area contributed by atoms with Crippen LogP contribution in [0.1, 0.15) is 12.0 Å². The van der Waals surface area contributed by atoms with Crippen LogP contribution in [0.4, 0.5) is 5.82 Å². The van der Waals surface area contributed by atoms with Gasteiger partial charge < -0.3 is 9.88 Å². The molecule has 0 aliphatic carbocycles. The van der Waals surface area contributed by atoms with Gasteiger partial charge in [0, 0.05) is 49.9 Å². The number of rotatable bonds is 4. The molecular formula is C16H18N4O. The highest BCUT2D eigenvalue weighted by Gasteiger charge is 2.09. The van der Waals surface area contributed by atoms with Crippen molar-refractivity contribution in [3.8, 4) is 0 Å². The maximum absolute atomic E-state index is 12.0. The van der Waals surface area contributed by atoms with E-state index in [1.807, 2.05) is 26.2 Å². The number of carbonyl (C=O) groups is 1. The zero-order valence-corrected chi connectivity index (χ0v) is 12.2. The third-order valence-corrected chi connectivity index (χ3v) is 3.58. The van der Waals surface area contributed by atoms with Gasteiger partial charge in [0.2, 0.25) is 5.91 Å². The van der Waals surface area contributed by atoms with Crippen molar-refractivity contribution in [2.45, 2.75) is 12.8 Å². The summed E-state index contributed by atoms with van der Waals surface area (Å²) in [6.45, 7) is 0. The molecule has 0 spiro atoms. The minimum Gasteiger partial charge on any atom is -0.350 e. The average molecular weight is 282 g/mol. The highest BCUT2D eigenvalue weighted by atomic mass is 16.1. The van der Waals surface area contributed by atoms with E-state index in [1.54, 1.807) is 16.9 Å². The van der Waals surface area contributed by atoms with E-state index >= 15 is 0 Å². The molecule has 0 aliphatic rings. The Bertz CT molecular complexity index is 785. The van der Waals surface area contributed by atoms with Gasteiger partial charge in [0.15, 0.2) is 5.82 Å². The van der Waals surface area contributed by atoms with Gasteiger partial charge in [0.25, 0.3) is 0 Å². The number of fused-ring (bicyclic) bond motifs is 1. The number of benzene rings is 1. The number of nitrogens with zero attached hydrogens (tertiary/aromatic N) is 3. The van der Waals surface area contributed by atoms with Crippen LogP contribution in [-0.4, -0.2) is 20.3 Å². The minimum atomic E-state index is -0.0124. The number of para-hydroxylation sites is 1. The summed E-state index contributed by atoms with van der Waals surface area (Å²) in [5, 5.41) is 8.16. The van der Waals surface area contributed by atoms with E-state index in [-0.39, 0.29) is 5.91 Å². The number of hydrogen-bond donors (Lipinski definition) is 1. The van der Waals surface area contributed by atoms with Crippen molar-refractivity contribution in [2.75, 3.05) is 5.32 Å². The van der Waals surface area contributed by atoms with Gasteiger partial charge in [0.1, 0.15) is 0 Å². The lowest BCUT2D eigenvalue weighted by Gasteiger charge is -2.01. The Kier molecular flexibility index (Phi) is 3.48. The smallest absolute Gasteiger partial charge is 0.225 e. The number of aromatic nitrogens is 3. The van der Waals surface area contributed by atoms with E-state index in [9.17, 15) is 4.79 Å². The fraction of sp³-hybridized carbons (Fsp3) is 0.250. The number of nitrogens with one attached hydrogen (secondary N) is 1. The van der Waals surface area contributed by atoms with Crippen LogP contribution in [0.3, 0.4) is 0 Å². The van der Waals surface area contributed by atoms with E-state index in [1.165, 1.54) is 16.5 Å². The highest BCUT2D eigenvalue weighted by Crippen LogP contribution is 2.21. The Morgan fingerprint density at radius 2 is 2.05 bits per heavy atom. The Morgan fingerprint density at radius 3 is 2.81 bits per heavy atom. The standard InChI is InChI=1S/C16H18N4O/c1-19-11-12(13-5-3-4-6-14(13)19)7-8-16(21)17-15-9-10-20(2)18-15/h3-6,9-11H,7-8H2,1-2H3,(H,17,18,21). The van der Waals surface area contributed by atoms with E-state index in [0.29, 0.717) is 12.2 Å². The number of amides is 1. The predicted molar refractivity (Wildman–Crippen MR) is 83.1 cm³/mol. The molecule has 1 aromatic carbocycles. The maximum Gasteiger partial charge on any atom is 0.225 e. The number of anilines is 1. The van der Waals surface area contributed by atoms with Crippen molar-refractivity contribution < 1.29 is 4.79 Å². The lowest BCUT2D eigenvalue weighted by Crippen LogP contribution is -2.12. The molecule has 108 valence electrons. The van der Waals surface area contributed by atoms with Crippen LogP contribution in [0.5, 0.6) is 0 Å². The predicted octanol–water partition coefficient (Wildman–Crippen LogP) is 2.48. The SMILES string of the molecule is Cn1ccc(NC(=O)CCc2cn(C)c3ccccc23)n1. The van der Waals surface area contributed by atoms with Gasteiger partial charge in [-0.3, -0.25) is 9.48 Å². The molecule has 1 N–H and O–H groups in total. The molecule has 0 fully saturated rings. The van der Waals surface area contributed by atoms with Crippen molar-refractivity contribution >= 4 is 22.6 Å². The summed E-state index contributed by atoms with van der Waals surface area (Å²) in [5.41, 5.74) is 2.39. The topological polar surface area (TPSA) is 51.9 Å². The monoisotopic (exact) mass is 282 g/mol. The molecule has 2 aromatic heterocycles. The Balaban J connectivity index is 1.67. The summed E-state index contributed by atoms with van der Waals surface area (Å²) in [4.78, 5) is 12.0. The fourth-order valence-electron chi connectivity index (χ4n) is 2.56. The van der Waals surface area contributed by atoms with Gasteiger partial charge in [0.05, 0.1) is 0 Å². The van der Waals surface area contributed by atoms with Gasteiger partial charge in [-0.25, -0.2) is 0 Å². The van der Waals surface area contributed by atoms with Crippen molar-refractivity contribution in [3.63, 3.8) is 0 Å². The van der Waals surface area contributed by atoms with Gasteiger partial charge in [-0.2, -0.15) is 5.10 Å². The highest BCUT2D eigenvalue weighted by molar-refractivity contribution is 5.90. The van der Waals surface area contributed by atoms with E-state index in [0.717, 1.165) is 6.42 Å². The molecule has 2 heterocycles. The maximum atomic E-state index is 12.0. The second-order valence-electron chi connectivity index (χ2n) is 5.21. The quantitative estimate of drug-likeness (QED) is 0.799. The zero-order chi connectivity index (χ0) is 14.8. The molecule has 5 heteroatoms. The normalized spacial score (nSPS) is 11.0. The molecule has 0 bridgehead atoms. The summed E-state index contributed by atoms with van der Waals surface area (Å²) >= 11 is 0. The van der Waals surface area contributed by atoms with Crippen molar-refractivity contribution in [1.29, 1.82) is 0 Å². The molecule has 1 amide bonds. The summed E-state index contributed by atoms with van der Waals surface area (Å²) in [5.74, 6) is 0.585. The fourth-order valence-corrected chi connectivity index (χ4v) is 2.56. The third-order valence-electron chi connectivity index (χ3n) is 3.58. The molecule has 3 rings (SSSR count). The van der Waals surface area contributed by atoms with Crippen LogP contribution in [0.25, 0.3) is 10.9 Å². The summed E-state index contributed by atoms with van der Waals surface area (Å²) in [6.07, 6.45) is 5.07. The lowest BCUT2D eigenvalue weighted by molar-refractivity contribution is -0.116. The van der Waals surface area contributed by atoms with Crippen molar-refractivity contribution in [1.82, 2.24) is 14.3 Å². The van der Waals surface area contributed by atoms with Gasteiger partial charge in [-0.1, -0.05) is 18.2 Å². The number of hydrogen-bond acceptors (Lipinski definition) is 2. The Morgan fingerprint density at radius 1 is 1.24 bits per heavy atom. The minimum absolute atomic E-state index is 0.0124. The average Bonchev–Trinajstić information content (AvgIpc) is 3.01. The summed E-state index contributed by atoms with van der Waals surface area (Å²) in [6, 6.07) is 10.0. The molecule has 0 saturated heterocycles.